The van der Waals surface area contributed by atoms with Crippen molar-refractivity contribution in [1.29, 1.82) is 0 Å². The van der Waals surface area contributed by atoms with Crippen LogP contribution in [0.25, 0.3) is 0 Å². The summed E-state index contributed by atoms with van der Waals surface area (Å²) < 4.78 is 30.1. The van der Waals surface area contributed by atoms with Gasteiger partial charge in [-0.05, 0) is 105 Å². The molecule has 0 spiro atoms. The lowest BCUT2D eigenvalue weighted by molar-refractivity contribution is -0.219. The molecule has 3 aromatic carbocycles. The third-order valence-electron chi connectivity index (χ3n) is 17.1. The minimum Gasteiger partial charge on any atom is -0.467 e. The Morgan fingerprint density at radius 3 is 1.48 bits per heavy atom. The molecular weight excluding hydrogens is 1150 g/mol. The first-order valence-corrected chi connectivity index (χ1v) is 35.9. The van der Waals surface area contributed by atoms with Crippen LogP contribution < -0.4 is 11.1 Å². The predicted molar refractivity (Wildman–Crippen MR) is 333 cm³/mol. The number of rotatable bonds is 23. The van der Waals surface area contributed by atoms with Crippen molar-refractivity contribution in [3.8, 4) is 0 Å². The summed E-state index contributed by atoms with van der Waals surface area (Å²) in [5.41, 5.74) is 8.95. The van der Waals surface area contributed by atoms with E-state index >= 15 is 19.2 Å². The van der Waals surface area contributed by atoms with Gasteiger partial charge < -0.3 is 39.0 Å². The minimum atomic E-state index is -2.60. The topological polar surface area (TPSA) is 249 Å². The van der Waals surface area contributed by atoms with Gasteiger partial charge in [-0.3, -0.25) is 28.8 Å². The summed E-state index contributed by atoms with van der Waals surface area (Å²) in [4.78, 5) is 126. The number of hydrazine groups is 2. The number of nitrogens with zero attached hydrogens (tertiary/aromatic N) is 6. The molecule has 0 saturated carbocycles. The van der Waals surface area contributed by atoms with Gasteiger partial charge in [0.05, 0.1) is 19.3 Å². The molecule has 7 amide bonds. The summed E-state index contributed by atoms with van der Waals surface area (Å²) in [6, 6.07) is 18.0. The Labute approximate surface area is 516 Å². The molecule has 8 atom stereocenters. The summed E-state index contributed by atoms with van der Waals surface area (Å²) in [5, 5.41) is 7.18. The van der Waals surface area contributed by atoms with E-state index in [1.807, 2.05) is 72.9 Å². The molecular formula is C63H96N8O14Si2. The Balaban J connectivity index is 1.55. The number of amides is 7. The maximum Gasteiger partial charge on any atom is 0.429 e. The zero-order valence-corrected chi connectivity index (χ0v) is 56.2. The number of hydrogen-bond acceptors (Lipinski definition) is 15. The molecule has 2 aliphatic rings. The highest BCUT2D eigenvalue weighted by Gasteiger charge is 2.51. The van der Waals surface area contributed by atoms with Crippen molar-refractivity contribution in [2.24, 2.45) is 11.7 Å². The summed E-state index contributed by atoms with van der Waals surface area (Å²) in [7, 11) is -2.61. The number of ether oxygens (including phenoxy) is 3. The molecule has 2 saturated heterocycles. The highest BCUT2D eigenvalue weighted by Crippen LogP contribution is 2.40. The van der Waals surface area contributed by atoms with Crippen molar-refractivity contribution >= 4 is 64.3 Å². The highest BCUT2D eigenvalue weighted by atomic mass is 28.4. The molecule has 3 N–H and O–H groups in total. The van der Waals surface area contributed by atoms with Crippen LogP contribution in [-0.2, 0) is 76.5 Å². The standard InChI is InChI=1S/C63H96N8O14Si2/c1-42(2)53(85-87(16,17)63(9,10)11)51(64)58(76)70-50(36-28-38-68(70)61(79)82-40-47-31-23-19-24-32-47)57(75)71(83-41-48-33-25-20-26-34-48)44(4)55(73)66(12)43(3)56(74)69-49(35-27-37-67(69)60(78)81-39-46-29-21-18-22-30-46)54(72)65-52(59(77)80-13)45(5)84-86(14,15)62(6,7)8/h18-26,29-34,42-45,49-53H,27-28,35-41,64H2,1-17H3,(H,65,72)/t43-,44+,45+,49+,50-,51+,52-,53+/m1/s1. The lowest BCUT2D eigenvalue weighted by atomic mass is 9.98. The van der Waals surface area contributed by atoms with Crippen molar-refractivity contribution < 1.29 is 66.3 Å². The second-order valence-electron chi connectivity index (χ2n) is 25.9. The number of carbonyl (C=O) groups excluding carboxylic acids is 8. The third kappa shape index (κ3) is 18.0. The lowest BCUT2D eigenvalue weighted by Crippen LogP contribution is -2.68. The fourth-order valence-corrected chi connectivity index (χ4v) is 12.6. The van der Waals surface area contributed by atoms with E-state index in [1.54, 1.807) is 85.8 Å². The van der Waals surface area contributed by atoms with Crippen LogP contribution in [0.5, 0.6) is 0 Å². The van der Waals surface area contributed by atoms with E-state index in [0.717, 1.165) is 30.0 Å². The molecule has 2 fully saturated rings. The number of benzene rings is 3. The molecule has 5 rings (SSSR count). The first-order valence-electron chi connectivity index (χ1n) is 30.0. The van der Waals surface area contributed by atoms with Gasteiger partial charge in [0.15, 0.2) is 22.7 Å². The van der Waals surface area contributed by atoms with Gasteiger partial charge >= 0.3 is 18.2 Å². The van der Waals surface area contributed by atoms with Crippen LogP contribution in [0.15, 0.2) is 91.0 Å². The van der Waals surface area contributed by atoms with E-state index in [1.165, 1.54) is 28.0 Å². The zero-order chi connectivity index (χ0) is 64.9. The van der Waals surface area contributed by atoms with Crippen LogP contribution in [0, 0.1) is 5.92 Å². The van der Waals surface area contributed by atoms with Gasteiger partial charge in [0.1, 0.15) is 50.0 Å². The van der Waals surface area contributed by atoms with Gasteiger partial charge in [0.2, 0.25) is 11.8 Å². The van der Waals surface area contributed by atoms with Gasteiger partial charge in [0.25, 0.3) is 17.7 Å². The molecule has 3 aromatic rings. The average molecular weight is 1250 g/mol. The predicted octanol–water partition coefficient (Wildman–Crippen LogP) is 8.71. The third-order valence-corrected chi connectivity index (χ3v) is 26.2. The number of esters is 1. The fourth-order valence-electron chi connectivity index (χ4n) is 9.69. The molecule has 24 heteroatoms. The van der Waals surface area contributed by atoms with Gasteiger partial charge in [-0.15, -0.1) is 0 Å². The van der Waals surface area contributed by atoms with Crippen molar-refractivity contribution in [2.75, 3.05) is 27.2 Å². The van der Waals surface area contributed by atoms with Crippen LogP contribution in [0.4, 0.5) is 9.59 Å². The van der Waals surface area contributed by atoms with E-state index < -0.39 is 113 Å². The maximum absolute atomic E-state index is 15.7. The fraction of sp³-hybridized carbons (Fsp3) is 0.587. The summed E-state index contributed by atoms with van der Waals surface area (Å²) in [6.45, 7) is 28.0. The minimum absolute atomic E-state index is 0.00131. The molecule has 0 aromatic heterocycles. The first kappa shape index (κ1) is 71.1. The number of nitrogens with two attached hydrogens (primary N) is 1. The quantitative estimate of drug-likeness (QED) is 0.0390. The maximum atomic E-state index is 15.7. The van der Waals surface area contributed by atoms with Gasteiger partial charge in [0, 0.05) is 20.1 Å². The van der Waals surface area contributed by atoms with Crippen molar-refractivity contribution in [1.82, 2.24) is 35.3 Å². The van der Waals surface area contributed by atoms with Crippen molar-refractivity contribution in [3.05, 3.63) is 108 Å². The molecule has 2 heterocycles. The average Bonchev–Trinajstić information content (AvgIpc) is 0.994. The highest BCUT2D eigenvalue weighted by molar-refractivity contribution is 6.74. The Morgan fingerprint density at radius 1 is 0.621 bits per heavy atom. The molecule has 2 aliphatic heterocycles. The Hall–Kier alpha value is -6.71. The molecule has 0 radical (unpaired) electrons. The molecule has 480 valence electrons. The SMILES string of the molecule is COC(=O)[C@H](NC(=O)[C@@H]1CCCN(C(=O)OCc2ccccc2)N1C(=O)[C@@H](C)N(C)C(=O)[C@H](C)N(OCc1ccccc1)C(=O)[C@H]1CCCN(C(=O)OCc2ccccc2)N1C(=O)[C@@H](N)[C@@H](O[Si](C)(C)C(C)(C)C)C(C)C)[C@H](C)O[Si](C)(C)C(C)(C)C. The molecule has 0 aliphatic carbocycles. The van der Waals surface area contributed by atoms with Crippen LogP contribution in [0.3, 0.4) is 0 Å². The van der Waals surface area contributed by atoms with Gasteiger partial charge in [-0.1, -0.05) is 146 Å². The van der Waals surface area contributed by atoms with E-state index in [2.05, 4.69) is 26.1 Å². The van der Waals surface area contributed by atoms with E-state index in [9.17, 15) is 19.2 Å². The summed E-state index contributed by atoms with van der Waals surface area (Å²) >= 11 is 0. The van der Waals surface area contributed by atoms with Crippen molar-refractivity contribution in [3.63, 3.8) is 0 Å². The Morgan fingerprint density at radius 2 is 1.05 bits per heavy atom. The number of carbonyl (C=O) groups is 8. The van der Waals surface area contributed by atoms with E-state index in [-0.39, 0.29) is 74.6 Å². The zero-order valence-electron chi connectivity index (χ0n) is 54.2. The molecule has 87 heavy (non-hydrogen) atoms. The van der Waals surface area contributed by atoms with Crippen LogP contribution in [-0.4, -0.2) is 170 Å². The molecule has 22 nitrogen and oxygen atoms in total. The monoisotopic (exact) mass is 1240 g/mol. The van der Waals surface area contributed by atoms with Crippen LogP contribution in [0.2, 0.25) is 36.3 Å². The molecule has 0 unspecified atom stereocenters. The van der Waals surface area contributed by atoms with Crippen molar-refractivity contribution in [2.45, 2.75) is 206 Å². The Bertz CT molecular complexity index is 2820. The number of hydrogen-bond donors (Lipinski definition) is 2. The second-order valence-corrected chi connectivity index (χ2v) is 35.5. The number of methoxy groups -OCH3 is 1. The lowest BCUT2D eigenvalue weighted by Gasteiger charge is -2.47. The second kappa shape index (κ2) is 30.5. The molecule has 0 bridgehead atoms. The van der Waals surface area contributed by atoms with Gasteiger partial charge in [-0.2, -0.15) is 0 Å². The first-order chi connectivity index (χ1) is 40.6. The van der Waals surface area contributed by atoms with E-state index in [4.69, 9.17) is 33.6 Å². The summed E-state index contributed by atoms with van der Waals surface area (Å²) in [5.74, 6) is -5.31. The number of likely N-dealkylation sites (N-methyl/N-ethyl adjacent to an activating group) is 1. The number of hydroxylamine groups is 2. The van der Waals surface area contributed by atoms with Crippen LogP contribution in [0.1, 0.15) is 119 Å². The summed E-state index contributed by atoms with van der Waals surface area (Å²) in [6.07, 6.45) is -3.16. The smallest absolute Gasteiger partial charge is 0.429 e. The van der Waals surface area contributed by atoms with E-state index in [0.29, 0.717) is 16.7 Å². The van der Waals surface area contributed by atoms with Gasteiger partial charge in [-0.25, -0.2) is 39.5 Å². The normalized spacial score (nSPS) is 18.1. The van der Waals surface area contributed by atoms with Crippen LogP contribution >= 0.6 is 0 Å². The number of nitrogens with one attached hydrogen (secondary N) is 1. The largest absolute Gasteiger partial charge is 0.467 e. The Kier molecular flexibility index (Phi) is 24.9.